The van der Waals surface area contributed by atoms with E-state index >= 15 is 0 Å². The number of hydrogen-bond donors (Lipinski definition) is 1. The van der Waals surface area contributed by atoms with Gasteiger partial charge < -0.3 is 10.1 Å². The number of esters is 1. The minimum atomic E-state index is -0.612. The Labute approximate surface area is 90.4 Å². The smallest absolute Gasteiger partial charge is 0.315 e. The summed E-state index contributed by atoms with van der Waals surface area (Å²) in [7, 11) is 0. The monoisotopic (exact) mass is 213 g/mol. The SMILES string of the molecule is CC(=O)CC1(C(=O)OC(C)(C)C)CNC1. The highest BCUT2D eigenvalue weighted by Gasteiger charge is 2.47. The van der Waals surface area contributed by atoms with E-state index in [1.807, 2.05) is 20.8 Å². The van der Waals surface area contributed by atoms with Crippen LogP contribution in [0.25, 0.3) is 0 Å². The lowest BCUT2D eigenvalue weighted by molar-refractivity contribution is -0.172. The van der Waals surface area contributed by atoms with Gasteiger partial charge in [0.25, 0.3) is 0 Å². The zero-order chi connectivity index (χ0) is 11.7. The molecule has 0 aromatic rings. The van der Waals surface area contributed by atoms with Gasteiger partial charge in [-0.25, -0.2) is 0 Å². The molecule has 1 N–H and O–H groups in total. The molecule has 4 nitrogen and oxygen atoms in total. The molecule has 0 spiro atoms. The van der Waals surface area contributed by atoms with Crippen LogP contribution in [0.2, 0.25) is 0 Å². The molecule has 0 unspecified atom stereocenters. The standard InChI is InChI=1S/C11H19NO3/c1-8(13)5-11(6-12-7-11)9(14)15-10(2,3)4/h12H,5-7H2,1-4H3. The molecule has 1 heterocycles. The van der Waals surface area contributed by atoms with Gasteiger partial charge in [-0.2, -0.15) is 0 Å². The van der Waals surface area contributed by atoms with Gasteiger partial charge >= 0.3 is 5.97 Å². The van der Waals surface area contributed by atoms with Crippen molar-refractivity contribution >= 4 is 11.8 Å². The molecule has 15 heavy (non-hydrogen) atoms. The van der Waals surface area contributed by atoms with Crippen LogP contribution in [0.4, 0.5) is 0 Å². The van der Waals surface area contributed by atoms with E-state index in [4.69, 9.17) is 4.74 Å². The van der Waals surface area contributed by atoms with Crippen LogP contribution in [0.3, 0.4) is 0 Å². The van der Waals surface area contributed by atoms with E-state index in [-0.39, 0.29) is 18.2 Å². The number of ether oxygens (including phenoxy) is 1. The van der Waals surface area contributed by atoms with E-state index in [9.17, 15) is 9.59 Å². The topological polar surface area (TPSA) is 55.4 Å². The Hall–Kier alpha value is -0.900. The molecule has 0 saturated carbocycles. The number of hydrogen-bond acceptors (Lipinski definition) is 4. The van der Waals surface area contributed by atoms with Crippen molar-refractivity contribution in [3.8, 4) is 0 Å². The van der Waals surface area contributed by atoms with Crippen LogP contribution in [-0.2, 0) is 14.3 Å². The number of Topliss-reactive ketones (excluding diaryl/α,β-unsaturated/α-hetero) is 1. The number of ketones is 1. The Kier molecular flexibility index (Phi) is 3.19. The van der Waals surface area contributed by atoms with Gasteiger partial charge in [0.1, 0.15) is 11.4 Å². The lowest BCUT2D eigenvalue weighted by Gasteiger charge is -2.41. The van der Waals surface area contributed by atoms with E-state index in [2.05, 4.69) is 5.32 Å². The van der Waals surface area contributed by atoms with Crippen molar-refractivity contribution in [1.82, 2.24) is 5.32 Å². The Morgan fingerprint density at radius 3 is 2.13 bits per heavy atom. The van der Waals surface area contributed by atoms with Gasteiger partial charge in [-0.3, -0.25) is 9.59 Å². The average molecular weight is 213 g/mol. The largest absolute Gasteiger partial charge is 0.459 e. The molecule has 1 aliphatic heterocycles. The normalized spacial score (nSPS) is 19.2. The summed E-state index contributed by atoms with van der Waals surface area (Å²) in [4.78, 5) is 23.0. The lowest BCUT2D eigenvalue weighted by atomic mass is 9.77. The molecule has 0 bridgehead atoms. The summed E-state index contributed by atoms with van der Waals surface area (Å²) in [6, 6.07) is 0. The maximum Gasteiger partial charge on any atom is 0.315 e. The second-order valence-electron chi connectivity index (χ2n) is 5.26. The summed E-state index contributed by atoms with van der Waals surface area (Å²) in [5, 5.41) is 3.02. The molecule has 0 aliphatic carbocycles. The molecule has 0 radical (unpaired) electrons. The van der Waals surface area contributed by atoms with Crippen LogP contribution in [0.1, 0.15) is 34.1 Å². The Balaban J connectivity index is 2.66. The minimum Gasteiger partial charge on any atom is -0.459 e. The van der Waals surface area contributed by atoms with Gasteiger partial charge in [-0.15, -0.1) is 0 Å². The maximum atomic E-state index is 11.9. The summed E-state index contributed by atoms with van der Waals surface area (Å²) in [5.74, 6) is -0.230. The zero-order valence-corrected chi connectivity index (χ0v) is 9.85. The Morgan fingerprint density at radius 1 is 1.33 bits per heavy atom. The van der Waals surface area contributed by atoms with Gasteiger partial charge in [-0.1, -0.05) is 0 Å². The van der Waals surface area contributed by atoms with Crippen LogP contribution in [0.15, 0.2) is 0 Å². The summed E-state index contributed by atoms with van der Waals surface area (Å²) in [5.41, 5.74) is -1.10. The van der Waals surface area contributed by atoms with Gasteiger partial charge in [-0.05, 0) is 27.7 Å². The minimum absolute atomic E-state index is 0.0300. The van der Waals surface area contributed by atoms with E-state index in [0.717, 1.165) is 0 Å². The quantitative estimate of drug-likeness (QED) is 0.708. The zero-order valence-electron chi connectivity index (χ0n) is 9.85. The Bertz CT molecular complexity index is 274. The van der Waals surface area contributed by atoms with E-state index in [0.29, 0.717) is 13.1 Å². The first-order valence-electron chi connectivity index (χ1n) is 5.19. The molecule has 1 aliphatic rings. The average Bonchev–Trinajstić information content (AvgIpc) is 1.92. The van der Waals surface area contributed by atoms with Gasteiger partial charge in [0.05, 0.1) is 5.41 Å². The van der Waals surface area contributed by atoms with E-state index in [1.54, 1.807) is 0 Å². The van der Waals surface area contributed by atoms with Crippen molar-refractivity contribution in [2.24, 2.45) is 5.41 Å². The molecule has 1 saturated heterocycles. The molecule has 0 aromatic carbocycles. The molecule has 4 heteroatoms. The van der Waals surface area contributed by atoms with Crippen molar-refractivity contribution in [3.63, 3.8) is 0 Å². The third-order valence-electron chi connectivity index (χ3n) is 2.35. The summed E-state index contributed by atoms with van der Waals surface area (Å²) in [6.45, 7) is 8.09. The first-order chi connectivity index (χ1) is 6.75. The third-order valence-corrected chi connectivity index (χ3v) is 2.35. The molecular weight excluding hydrogens is 194 g/mol. The van der Waals surface area contributed by atoms with Crippen molar-refractivity contribution in [1.29, 1.82) is 0 Å². The number of rotatable bonds is 3. The molecule has 1 rings (SSSR count). The van der Waals surface area contributed by atoms with Gasteiger partial charge in [0.15, 0.2) is 0 Å². The lowest BCUT2D eigenvalue weighted by Crippen LogP contribution is -2.60. The predicted molar refractivity (Wildman–Crippen MR) is 56.4 cm³/mol. The molecule has 1 fully saturated rings. The molecule has 0 atom stereocenters. The highest BCUT2D eigenvalue weighted by atomic mass is 16.6. The van der Waals surface area contributed by atoms with E-state index < -0.39 is 11.0 Å². The van der Waals surface area contributed by atoms with Crippen molar-refractivity contribution in [2.45, 2.75) is 39.7 Å². The molecule has 0 aromatic heterocycles. The maximum absolute atomic E-state index is 11.9. The molecule has 0 amide bonds. The number of nitrogens with one attached hydrogen (secondary N) is 1. The van der Waals surface area contributed by atoms with Gasteiger partial charge in [0.2, 0.25) is 0 Å². The second-order valence-corrected chi connectivity index (χ2v) is 5.26. The third kappa shape index (κ3) is 3.02. The number of carbonyl (C=O) groups is 2. The first-order valence-corrected chi connectivity index (χ1v) is 5.19. The fourth-order valence-corrected chi connectivity index (χ4v) is 1.63. The van der Waals surface area contributed by atoms with Crippen molar-refractivity contribution < 1.29 is 14.3 Å². The van der Waals surface area contributed by atoms with Crippen molar-refractivity contribution in [3.05, 3.63) is 0 Å². The number of carbonyl (C=O) groups excluding carboxylic acids is 2. The van der Waals surface area contributed by atoms with Gasteiger partial charge in [0, 0.05) is 19.5 Å². The first kappa shape index (κ1) is 12.2. The molecular formula is C11H19NO3. The van der Waals surface area contributed by atoms with Crippen LogP contribution in [0, 0.1) is 5.41 Å². The summed E-state index contributed by atoms with van der Waals surface area (Å²) in [6.07, 6.45) is 0.273. The summed E-state index contributed by atoms with van der Waals surface area (Å²) < 4.78 is 5.31. The molecule has 86 valence electrons. The highest BCUT2D eigenvalue weighted by molar-refractivity contribution is 5.87. The van der Waals surface area contributed by atoms with Crippen LogP contribution in [-0.4, -0.2) is 30.4 Å². The fraction of sp³-hybridized carbons (Fsp3) is 0.818. The van der Waals surface area contributed by atoms with Crippen LogP contribution < -0.4 is 5.32 Å². The highest BCUT2D eigenvalue weighted by Crippen LogP contribution is 2.30. The second kappa shape index (κ2) is 3.93. The van der Waals surface area contributed by atoms with E-state index in [1.165, 1.54) is 6.92 Å². The summed E-state index contributed by atoms with van der Waals surface area (Å²) >= 11 is 0. The van der Waals surface area contributed by atoms with Crippen molar-refractivity contribution in [2.75, 3.05) is 13.1 Å². The Morgan fingerprint density at radius 2 is 1.87 bits per heavy atom. The van der Waals surface area contributed by atoms with Crippen LogP contribution in [0.5, 0.6) is 0 Å². The van der Waals surface area contributed by atoms with Crippen LogP contribution >= 0.6 is 0 Å². The fourth-order valence-electron chi connectivity index (χ4n) is 1.63. The predicted octanol–water partition coefficient (Wildman–Crippen LogP) is 0.897.